The van der Waals surface area contributed by atoms with Crippen LogP contribution in [0.25, 0.3) is 0 Å². The molecule has 0 spiro atoms. The van der Waals surface area contributed by atoms with Crippen LogP contribution in [0.5, 0.6) is 0 Å². The zero-order chi connectivity index (χ0) is 16.2. The summed E-state index contributed by atoms with van der Waals surface area (Å²) in [6.45, 7) is 1.77. The van der Waals surface area contributed by atoms with E-state index in [0.29, 0.717) is 6.54 Å². The van der Waals surface area contributed by atoms with Crippen LogP contribution in [-0.2, 0) is 21.6 Å². The normalized spacial score (nSPS) is 13.2. The molecule has 1 aromatic heterocycles. The van der Waals surface area contributed by atoms with Crippen LogP contribution in [0.3, 0.4) is 0 Å². The predicted molar refractivity (Wildman–Crippen MR) is 76.1 cm³/mol. The molecule has 1 heterocycles. The van der Waals surface area contributed by atoms with Crippen LogP contribution < -0.4 is 5.32 Å². The first-order valence-electron chi connectivity index (χ1n) is 6.50. The Labute approximate surface area is 126 Å². The summed E-state index contributed by atoms with van der Waals surface area (Å²) in [5.41, 5.74) is -0.611. The molecule has 116 valence electrons. The minimum atomic E-state index is -1.72. The minimum Gasteiger partial charge on any atom is -0.479 e. The Balaban J connectivity index is 2.23. The highest BCUT2D eigenvalue weighted by Crippen LogP contribution is 2.19. The average molecular weight is 304 g/mol. The molecule has 0 saturated carbocycles. The molecule has 1 amide bonds. The number of alkyl carbamates (subject to hydrolysis) is 1. The Morgan fingerprint density at radius 1 is 1.36 bits per heavy atom. The lowest BCUT2D eigenvalue weighted by Crippen LogP contribution is -2.49. The molecule has 0 aliphatic rings. The summed E-state index contributed by atoms with van der Waals surface area (Å²) < 4.78 is 5.96. The number of carboxylic acid groups (broad SMARTS) is 1. The fourth-order valence-electron chi connectivity index (χ4n) is 1.86. The van der Waals surface area contributed by atoms with Gasteiger partial charge in [-0.05, 0) is 12.5 Å². The molecule has 8 nitrogen and oxygen atoms in total. The van der Waals surface area contributed by atoms with Gasteiger partial charge in [0.25, 0.3) is 0 Å². The first kappa shape index (κ1) is 15.5. The van der Waals surface area contributed by atoms with Gasteiger partial charge in [-0.3, -0.25) is 0 Å². The molecule has 0 saturated heterocycles. The highest BCUT2D eigenvalue weighted by molar-refractivity contribution is 5.84. The minimum absolute atomic E-state index is 0.112. The van der Waals surface area contributed by atoms with Crippen molar-refractivity contribution in [3.8, 4) is 0 Å². The van der Waals surface area contributed by atoms with Crippen molar-refractivity contribution in [3.63, 3.8) is 0 Å². The molecule has 2 aromatic rings. The average Bonchev–Trinajstić information content (AvgIpc) is 2.97. The van der Waals surface area contributed by atoms with E-state index in [1.54, 1.807) is 0 Å². The van der Waals surface area contributed by atoms with Gasteiger partial charge in [0.15, 0.2) is 5.54 Å². The number of benzene rings is 1. The summed E-state index contributed by atoms with van der Waals surface area (Å²) in [6.07, 6.45) is 0.624. The number of ether oxygens (including phenoxy) is 1. The Hall–Kier alpha value is -2.90. The topological polar surface area (TPSA) is 106 Å². The summed E-state index contributed by atoms with van der Waals surface area (Å²) in [4.78, 5) is 22.8. The molecule has 0 fully saturated rings. The Kier molecular flexibility index (Phi) is 4.40. The summed E-state index contributed by atoms with van der Waals surface area (Å²) in [7, 11) is 1.16. The maximum Gasteiger partial charge on any atom is 0.408 e. The molecule has 0 aliphatic carbocycles. The summed E-state index contributed by atoms with van der Waals surface area (Å²) in [5.74, 6) is -1.26. The second kappa shape index (κ2) is 6.25. The van der Waals surface area contributed by atoms with Crippen LogP contribution in [-0.4, -0.2) is 39.3 Å². The van der Waals surface area contributed by atoms with Crippen molar-refractivity contribution in [2.75, 3.05) is 7.11 Å². The van der Waals surface area contributed by atoms with Crippen molar-refractivity contribution in [1.82, 2.24) is 20.3 Å². The fourth-order valence-corrected chi connectivity index (χ4v) is 1.86. The van der Waals surface area contributed by atoms with Gasteiger partial charge in [0.05, 0.1) is 19.9 Å². The van der Waals surface area contributed by atoms with Crippen molar-refractivity contribution >= 4 is 12.1 Å². The number of hydrogen-bond acceptors (Lipinski definition) is 5. The van der Waals surface area contributed by atoms with Gasteiger partial charge in [0.2, 0.25) is 0 Å². The van der Waals surface area contributed by atoms with E-state index in [1.807, 2.05) is 30.3 Å². The lowest BCUT2D eigenvalue weighted by Gasteiger charge is -2.22. The van der Waals surface area contributed by atoms with Gasteiger partial charge < -0.3 is 15.2 Å². The summed E-state index contributed by atoms with van der Waals surface area (Å²) in [5, 5.41) is 19.4. The number of methoxy groups -OCH3 is 1. The number of nitrogens with zero attached hydrogens (tertiary/aromatic N) is 3. The quantitative estimate of drug-likeness (QED) is 0.853. The maximum absolute atomic E-state index is 11.5. The number of hydrogen-bond donors (Lipinski definition) is 2. The van der Waals surface area contributed by atoms with Crippen molar-refractivity contribution < 1.29 is 19.4 Å². The van der Waals surface area contributed by atoms with Crippen LogP contribution in [0, 0.1) is 0 Å². The van der Waals surface area contributed by atoms with Crippen molar-refractivity contribution in [1.29, 1.82) is 0 Å². The van der Waals surface area contributed by atoms with Crippen LogP contribution in [0.1, 0.15) is 18.2 Å². The number of aliphatic carboxylic acids is 1. The predicted octanol–water partition coefficient (Wildman–Crippen LogP) is 0.982. The summed E-state index contributed by atoms with van der Waals surface area (Å²) in [6, 6.07) is 9.54. The van der Waals surface area contributed by atoms with E-state index >= 15 is 0 Å². The molecule has 0 aliphatic heterocycles. The lowest BCUT2D eigenvalue weighted by molar-refractivity contribution is -0.144. The van der Waals surface area contributed by atoms with Crippen molar-refractivity contribution in [2.24, 2.45) is 0 Å². The molecule has 1 unspecified atom stereocenters. The molecule has 1 atom stereocenters. The number of carbonyl (C=O) groups excluding carboxylic acids is 1. The highest BCUT2D eigenvalue weighted by Gasteiger charge is 2.40. The molecule has 1 aromatic carbocycles. The van der Waals surface area contributed by atoms with Gasteiger partial charge in [-0.2, -0.15) is 0 Å². The van der Waals surface area contributed by atoms with E-state index in [2.05, 4.69) is 20.4 Å². The molecule has 0 radical (unpaired) electrons. The van der Waals surface area contributed by atoms with E-state index in [0.717, 1.165) is 12.7 Å². The van der Waals surface area contributed by atoms with E-state index in [1.165, 1.54) is 17.8 Å². The van der Waals surface area contributed by atoms with Crippen molar-refractivity contribution in [3.05, 3.63) is 47.8 Å². The van der Waals surface area contributed by atoms with E-state index < -0.39 is 17.6 Å². The number of aromatic nitrogens is 3. The third-order valence-electron chi connectivity index (χ3n) is 3.20. The Morgan fingerprint density at radius 2 is 2.05 bits per heavy atom. The largest absolute Gasteiger partial charge is 0.479 e. The second-order valence-electron chi connectivity index (χ2n) is 4.83. The zero-order valence-electron chi connectivity index (χ0n) is 12.2. The lowest BCUT2D eigenvalue weighted by atomic mass is 9.99. The van der Waals surface area contributed by atoms with Gasteiger partial charge in [-0.1, -0.05) is 35.5 Å². The van der Waals surface area contributed by atoms with E-state index in [4.69, 9.17) is 0 Å². The number of carbonyl (C=O) groups is 2. The number of amides is 1. The van der Waals surface area contributed by atoms with Crippen LogP contribution in [0.4, 0.5) is 4.79 Å². The molecule has 0 bridgehead atoms. The van der Waals surface area contributed by atoms with Gasteiger partial charge in [0.1, 0.15) is 5.69 Å². The first-order chi connectivity index (χ1) is 10.5. The van der Waals surface area contributed by atoms with Crippen molar-refractivity contribution in [2.45, 2.75) is 19.0 Å². The third-order valence-corrected chi connectivity index (χ3v) is 3.20. The maximum atomic E-state index is 11.5. The number of carboxylic acids is 1. The molecule has 22 heavy (non-hydrogen) atoms. The molecular weight excluding hydrogens is 288 g/mol. The first-order valence-corrected chi connectivity index (χ1v) is 6.50. The zero-order valence-corrected chi connectivity index (χ0v) is 12.2. The summed E-state index contributed by atoms with van der Waals surface area (Å²) >= 11 is 0. The molecule has 8 heteroatoms. The van der Waals surface area contributed by atoms with E-state index in [-0.39, 0.29) is 5.69 Å². The monoisotopic (exact) mass is 304 g/mol. The van der Waals surface area contributed by atoms with E-state index in [9.17, 15) is 14.7 Å². The standard InChI is InChI=1S/C14H16N4O4/c1-14(12(19)20,15-13(21)22-2)11-9-18(17-16-11)8-10-6-4-3-5-7-10/h3-7,9H,8H2,1-2H3,(H,15,21)(H,19,20). The van der Waals surface area contributed by atoms with Gasteiger partial charge in [-0.15, -0.1) is 5.10 Å². The third kappa shape index (κ3) is 3.22. The smallest absolute Gasteiger partial charge is 0.408 e. The Bertz CT molecular complexity index is 670. The molecule has 2 rings (SSSR count). The van der Waals surface area contributed by atoms with Crippen LogP contribution in [0.2, 0.25) is 0 Å². The van der Waals surface area contributed by atoms with Gasteiger partial charge >= 0.3 is 12.1 Å². The Morgan fingerprint density at radius 3 is 2.64 bits per heavy atom. The number of rotatable bonds is 5. The number of nitrogens with one attached hydrogen (secondary N) is 1. The SMILES string of the molecule is COC(=O)NC(C)(C(=O)O)c1cn(Cc2ccccc2)nn1. The molecule has 2 N–H and O–H groups in total. The second-order valence-corrected chi connectivity index (χ2v) is 4.83. The van der Waals surface area contributed by atoms with Gasteiger partial charge in [-0.25, -0.2) is 14.3 Å². The highest BCUT2D eigenvalue weighted by atomic mass is 16.5. The van der Waals surface area contributed by atoms with Crippen LogP contribution >= 0.6 is 0 Å². The van der Waals surface area contributed by atoms with Crippen LogP contribution in [0.15, 0.2) is 36.5 Å². The molecular formula is C14H16N4O4. The van der Waals surface area contributed by atoms with Gasteiger partial charge in [0, 0.05) is 0 Å². The fraction of sp³-hybridized carbons (Fsp3) is 0.286.